The first-order valence-corrected chi connectivity index (χ1v) is 7.03. The molecule has 19 heavy (non-hydrogen) atoms. The molecule has 0 spiro atoms. The van der Waals surface area contributed by atoms with Crippen LogP contribution in [0.2, 0.25) is 0 Å². The van der Waals surface area contributed by atoms with Gasteiger partial charge in [0.1, 0.15) is 0 Å². The van der Waals surface area contributed by atoms with Gasteiger partial charge in [-0.25, -0.2) is 0 Å². The van der Waals surface area contributed by atoms with E-state index in [1.165, 1.54) is 6.42 Å². The third-order valence-corrected chi connectivity index (χ3v) is 3.37. The molecule has 0 aromatic heterocycles. The molecular formula is C14H24N2O3. The summed E-state index contributed by atoms with van der Waals surface area (Å²) in [6.07, 6.45) is 5.28. The van der Waals surface area contributed by atoms with E-state index in [1.807, 2.05) is 0 Å². The second-order valence-electron chi connectivity index (χ2n) is 4.81. The first-order chi connectivity index (χ1) is 9.27. The lowest BCUT2D eigenvalue weighted by molar-refractivity contribution is -0.132. The zero-order valence-corrected chi connectivity index (χ0v) is 11.8. The number of hydrogen-bond donors (Lipinski definition) is 0. The van der Waals surface area contributed by atoms with E-state index >= 15 is 0 Å². The zero-order chi connectivity index (χ0) is 13.9. The van der Waals surface area contributed by atoms with Gasteiger partial charge >= 0.3 is 0 Å². The van der Waals surface area contributed by atoms with Gasteiger partial charge in [-0.15, -0.1) is 0 Å². The van der Waals surface area contributed by atoms with Crippen LogP contribution < -0.4 is 0 Å². The monoisotopic (exact) mass is 268 g/mol. The molecule has 5 heteroatoms. The normalized spacial score (nSPS) is 18.8. The maximum Gasteiger partial charge on any atom is 0.222 e. The Morgan fingerprint density at radius 3 is 2.95 bits per heavy atom. The molecule has 0 radical (unpaired) electrons. The van der Waals surface area contributed by atoms with E-state index in [1.54, 1.807) is 12.0 Å². The van der Waals surface area contributed by atoms with Crippen molar-refractivity contribution >= 4 is 5.91 Å². The van der Waals surface area contributed by atoms with Gasteiger partial charge in [-0.1, -0.05) is 0 Å². The maximum absolute atomic E-state index is 12.1. The SMILES string of the molecule is COCCN(CCC#N)C(=O)CCC1CCCCO1. The van der Waals surface area contributed by atoms with Crippen LogP contribution in [0.3, 0.4) is 0 Å². The Labute approximate surface area is 115 Å². The second-order valence-corrected chi connectivity index (χ2v) is 4.81. The number of ether oxygens (including phenoxy) is 2. The van der Waals surface area contributed by atoms with E-state index in [0.29, 0.717) is 32.5 Å². The molecule has 1 aliphatic rings. The summed E-state index contributed by atoms with van der Waals surface area (Å²) in [7, 11) is 1.61. The predicted octanol–water partition coefficient (Wildman–Crippen LogP) is 1.72. The number of hydrogen-bond acceptors (Lipinski definition) is 4. The molecule has 0 saturated carbocycles. The highest BCUT2D eigenvalue weighted by atomic mass is 16.5. The van der Waals surface area contributed by atoms with Crippen molar-refractivity contribution in [3.05, 3.63) is 0 Å². The van der Waals surface area contributed by atoms with Crippen molar-refractivity contribution in [3.63, 3.8) is 0 Å². The molecule has 1 rings (SSSR count). The Morgan fingerprint density at radius 1 is 1.47 bits per heavy atom. The van der Waals surface area contributed by atoms with Crippen LogP contribution in [-0.4, -0.2) is 50.3 Å². The number of amides is 1. The maximum atomic E-state index is 12.1. The van der Waals surface area contributed by atoms with E-state index in [2.05, 4.69) is 6.07 Å². The van der Waals surface area contributed by atoms with Crippen LogP contribution >= 0.6 is 0 Å². The molecule has 0 bridgehead atoms. The molecule has 1 aliphatic heterocycles. The molecule has 108 valence electrons. The smallest absolute Gasteiger partial charge is 0.222 e. The van der Waals surface area contributed by atoms with Crippen LogP contribution in [0, 0.1) is 11.3 Å². The molecular weight excluding hydrogens is 244 g/mol. The summed E-state index contributed by atoms with van der Waals surface area (Å²) < 4.78 is 10.6. The van der Waals surface area contributed by atoms with Crippen molar-refractivity contribution < 1.29 is 14.3 Å². The van der Waals surface area contributed by atoms with Gasteiger partial charge in [0.05, 0.1) is 25.2 Å². The molecule has 0 aromatic rings. The topological polar surface area (TPSA) is 62.6 Å². The quantitative estimate of drug-likeness (QED) is 0.672. The zero-order valence-electron chi connectivity index (χ0n) is 11.8. The van der Waals surface area contributed by atoms with Crippen LogP contribution in [0.5, 0.6) is 0 Å². The fourth-order valence-electron chi connectivity index (χ4n) is 2.23. The molecule has 1 unspecified atom stereocenters. The molecule has 0 aliphatic carbocycles. The van der Waals surface area contributed by atoms with Gasteiger partial charge in [0.15, 0.2) is 0 Å². The summed E-state index contributed by atoms with van der Waals surface area (Å²) in [5.74, 6) is 0.0986. The number of methoxy groups -OCH3 is 1. The minimum Gasteiger partial charge on any atom is -0.383 e. The summed E-state index contributed by atoms with van der Waals surface area (Å²) in [5, 5.41) is 8.62. The van der Waals surface area contributed by atoms with Crippen LogP contribution in [0.25, 0.3) is 0 Å². The number of carbonyl (C=O) groups excluding carboxylic acids is 1. The number of nitriles is 1. The van der Waals surface area contributed by atoms with Gasteiger partial charge in [-0.3, -0.25) is 4.79 Å². The Morgan fingerprint density at radius 2 is 2.32 bits per heavy atom. The van der Waals surface area contributed by atoms with E-state index < -0.39 is 0 Å². The van der Waals surface area contributed by atoms with Crippen molar-refractivity contribution in [1.82, 2.24) is 4.90 Å². The summed E-state index contributed by atoms with van der Waals surface area (Å²) in [6.45, 7) is 2.38. The van der Waals surface area contributed by atoms with Crippen molar-refractivity contribution in [2.24, 2.45) is 0 Å². The van der Waals surface area contributed by atoms with E-state index in [4.69, 9.17) is 14.7 Å². The largest absolute Gasteiger partial charge is 0.383 e. The van der Waals surface area contributed by atoms with Gasteiger partial charge < -0.3 is 14.4 Å². The molecule has 5 nitrogen and oxygen atoms in total. The predicted molar refractivity (Wildman–Crippen MR) is 71.5 cm³/mol. The molecule has 1 atom stereocenters. The fraction of sp³-hybridized carbons (Fsp3) is 0.857. The Balaban J connectivity index is 2.30. The lowest BCUT2D eigenvalue weighted by Gasteiger charge is -2.25. The van der Waals surface area contributed by atoms with Gasteiger partial charge in [0.2, 0.25) is 5.91 Å². The third-order valence-electron chi connectivity index (χ3n) is 3.37. The van der Waals surface area contributed by atoms with Crippen LogP contribution in [0.4, 0.5) is 0 Å². The van der Waals surface area contributed by atoms with E-state index in [0.717, 1.165) is 25.9 Å². The highest BCUT2D eigenvalue weighted by Gasteiger charge is 2.18. The third kappa shape index (κ3) is 6.55. The first-order valence-electron chi connectivity index (χ1n) is 7.03. The van der Waals surface area contributed by atoms with Crippen LogP contribution in [0.15, 0.2) is 0 Å². The number of carbonyl (C=O) groups is 1. The summed E-state index contributed by atoms with van der Waals surface area (Å²) in [5.41, 5.74) is 0. The fourth-order valence-corrected chi connectivity index (χ4v) is 2.23. The second kappa shape index (κ2) is 9.76. The molecule has 0 aromatic carbocycles. The van der Waals surface area contributed by atoms with E-state index in [9.17, 15) is 4.79 Å². The molecule has 0 N–H and O–H groups in total. The first kappa shape index (κ1) is 15.9. The van der Waals surface area contributed by atoms with Crippen molar-refractivity contribution in [2.75, 3.05) is 33.4 Å². The minimum atomic E-state index is 0.0986. The summed E-state index contributed by atoms with van der Waals surface area (Å²) >= 11 is 0. The van der Waals surface area contributed by atoms with Gasteiger partial charge in [-0.05, 0) is 25.7 Å². The molecule has 1 fully saturated rings. The molecule has 1 heterocycles. The highest BCUT2D eigenvalue weighted by molar-refractivity contribution is 5.76. The standard InChI is InChI=1S/C14H24N2O3/c1-18-12-10-16(9-4-8-15)14(17)7-6-13-5-2-3-11-19-13/h13H,2-7,9-12H2,1H3. The van der Waals surface area contributed by atoms with Crippen LogP contribution in [-0.2, 0) is 14.3 Å². The van der Waals surface area contributed by atoms with E-state index in [-0.39, 0.29) is 12.0 Å². The minimum absolute atomic E-state index is 0.0986. The molecule has 1 amide bonds. The van der Waals surface area contributed by atoms with Gasteiger partial charge in [0.25, 0.3) is 0 Å². The summed E-state index contributed by atoms with van der Waals surface area (Å²) in [4.78, 5) is 13.8. The van der Waals surface area contributed by atoms with Crippen molar-refractivity contribution in [1.29, 1.82) is 5.26 Å². The lowest BCUT2D eigenvalue weighted by atomic mass is 10.0. The van der Waals surface area contributed by atoms with Crippen molar-refractivity contribution in [3.8, 4) is 6.07 Å². The Hall–Kier alpha value is -1.12. The summed E-state index contributed by atoms with van der Waals surface area (Å²) in [6, 6.07) is 2.08. The van der Waals surface area contributed by atoms with Crippen molar-refractivity contribution in [2.45, 2.75) is 44.6 Å². The molecule has 1 saturated heterocycles. The van der Waals surface area contributed by atoms with Crippen LogP contribution in [0.1, 0.15) is 38.5 Å². The number of nitrogens with zero attached hydrogens (tertiary/aromatic N) is 2. The van der Waals surface area contributed by atoms with Gasteiger partial charge in [0, 0.05) is 33.2 Å². The average Bonchev–Trinajstić information content (AvgIpc) is 2.46. The lowest BCUT2D eigenvalue weighted by Crippen LogP contribution is -2.35. The Kier molecular flexibility index (Phi) is 8.19. The average molecular weight is 268 g/mol. The highest BCUT2D eigenvalue weighted by Crippen LogP contribution is 2.17. The van der Waals surface area contributed by atoms with Gasteiger partial charge in [-0.2, -0.15) is 5.26 Å². The Bertz CT molecular complexity index is 296. The number of rotatable bonds is 8.